The molecule has 0 aliphatic carbocycles. The number of amides is 1. The number of alkyl halides is 2. The van der Waals surface area contributed by atoms with E-state index in [0.717, 1.165) is 18.4 Å². The molecule has 1 aliphatic heterocycles. The average molecular weight is 225 g/mol. The van der Waals surface area contributed by atoms with Crippen molar-refractivity contribution in [2.45, 2.75) is 31.7 Å². The van der Waals surface area contributed by atoms with E-state index >= 15 is 0 Å². The van der Waals surface area contributed by atoms with Gasteiger partial charge in [0.25, 0.3) is 6.43 Å². The van der Waals surface area contributed by atoms with Crippen LogP contribution < -0.4 is 5.32 Å². The molecule has 1 saturated heterocycles. The minimum atomic E-state index is -2.42. The summed E-state index contributed by atoms with van der Waals surface area (Å²) < 4.78 is 24.6. The van der Waals surface area contributed by atoms with Crippen LogP contribution in [-0.4, -0.2) is 11.9 Å². The lowest BCUT2D eigenvalue weighted by molar-refractivity contribution is -0.119. The molecule has 1 N–H and O–H groups in total. The summed E-state index contributed by atoms with van der Waals surface area (Å²) in [5, 5.41) is 2.85. The number of nitrogens with one attached hydrogen (secondary N) is 1. The van der Waals surface area contributed by atoms with Gasteiger partial charge in [0.05, 0.1) is 0 Å². The molecule has 1 amide bonds. The number of benzene rings is 1. The average Bonchev–Trinajstić information content (AvgIpc) is 2.65. The van der Waals surface area contributed by atoms with Gasteiger partial charge in [-0.2, -0.15) is 0 Å². The molecule has 16 heavy (non-hydrogen) atoms. The van der Waals surface area contributed by atoms with E-state index < -0.39 is 6.43 Å². The minimum absolute atomic E-state index is 0.0409. The maximum Gasteiger partial charge on any atom is 0.263 e. The van der Waals surface area contributed by atoms with Crippen molar-refractivity contribution in [1.29, 1.82) is 0 Å². The Labute approximate surface area is 92.7 Å². The highest BCUT2D eigenvalue weighted by molar-refractivity contribution is 5.78. The highest BCUT2D eigenvalue weighted by Crippen LogP contribution is 2.20. The highest BCUT2D eigenvalue weighted by atomic mass is 19.3. The Bertz CT molecular complexity index is 375. The third kappa shape index (κ3) is 2.56. The van der Waals surface area contributed by atoms with Gasteiger partial charge < -0.3 is 5.32 Å². The second-order valence-electron chi connectivity index (χ2n) is 4.05. The molecule has 0 aromatic heterocycles. The standard InChI is InChI=1S/C12H13F2NO/c13-12(14)9-3-1-8(2-4-9)7-10-5-6-11(16)15-10/h1-4,10,12H,5-7H2,(H,15,16). The molecule has 0 spiro atoms. The molecule has 2 nitrogen and oxygen atoms in total. The largest absolute Gasteiger partial charge is 0.353 e. The van der Waals surface area contributed by atoms with Crippen LogP contribution in [0, 0.1) is 0 Å². The molecule has 0 radical (unpaired) electrons. The van der Waals surface area contributed by atoms with Crippen LogP contribution in [0.3, 0.4) is 0 Å². The number of hydrogen-bond acceptors (Lipinski definition) is 1. The summed E-state index contributed by atoms with van der Waals surface area (Å²) >= 11 is 0. The van der Waals surface area contributed by atoms with E-state index in [1.165, 1.54) is 12.1 Å². The Morgan fingerprint density at radius 1 is 1.31 bits per heavy atom. The normalized spacial score (nSPS) is 20.2. The van der Waals surface area contributed by atoms with Crippen LogP contribution in [-0.2, 0) is 11.2 Å². The fraction of sp³-hybridized carbons (Fsp3) is 0.417. The van der Waals surface area contributed by atoms with Gasteiger partial charge in [0.2, 0.25) is 5.91 Å². The quantitative estimate of drug-likeness (QED) is 0.841. The first-order valence-electron chi connectivity index (χ1n) is 5.31. The van der Waals surface area contributed by atoms with Gasteiger partial charge in [0.1, 0.15) is 0 Å². The lowest BCUT2D eigenvalue weighted by Crippen LogP contribution is -2.27. The van der Waals surface area contributed by atoms with Crippen molar-refractivity contribution >= 4 is 5.91 Å². The van der Waals surface area contributed by atoms with E-state index in [0.29, 0.717) is 6.42 Å². The van der Waals surface area contributed by atoms with E-state index in [-0.39, 0.29) is 17.5 Å². The van der Waals surface area contributed by atoms with E-state index in [4.69, 9.17) is 0 Å². The summed E-state index contributed by atoms with van der Waals surface area (Å²) in [4.78, 5) is 11.0. The van der Waals surface area contributed by atoms with Gasteiger partial charge >= 0.3 is 0 Å². The molecule has 0 bridgehead atoms. The zero-order chi connectivity index (χ0) is 11.5. The molecule has 1 atom stereocenters. The topological polar surface area (TPSA) is 29.1 Å². The lowest BCUT2D eigenvalue weighted by atomic mass is 10.0. The fourth-order valence-corrected chi connectivity index (χ4v) is 1.91. The van der Waals surface area contributed by atoms with Gasteiger partial charge in [-0.25, -0.2) is 8.78 Å². The van der Waals surface area contributed by atoms with E-state index in [1.807, 2.05) is 0 Å². The zero-order valence-electron chi connectivity index (χ0n) is 8.75. The highest BCUT2D eigenvalue weighted by Gasteiger charge is 2.20. The van der Waals surface area contributed by atoms with Crippen LogP contribution in [0.2, 0.25) is 0 Å². The SMILES string of the molecule is O=C1CCC(Cc2ccc(C(F)F)cc2)N1. The van der Waals surface area contributed by atoms with Crippen molar-refractivity contribution < 1.29 is 13.6 Å². The molecule has 1 heterocycles. The van der Waals surface area contributed by atoms with E-state index in [1.54, 1.807) is 12.1 Å². The Hall–Kier alpha value is -1.45. The first kappa shape index (κ1) is 11.0. The molecule has 4 heteroatoms. The van der Waals surface area contributed by atoms with Crippen molar-refractivity contribution in [2.75, 3.05) is 0 Å². The molecule has 2 rings (SSSR count). The molecule has 1 fully saturated rings. The van der Waals surface area contributed by atoms with Gasteiger partial charge in [-0.3, -0.25) is 4.79 Å². The number of carbonyl (C=O) groups excluding carboxylic acids is 1. The van der Waals surface area contributed by atoms with Crippen molar-refractivity contribution in [1.82, 2.24) is 5.32 Å². The maximum absolute atomic E-state index is 12.3. The third-order valence-electron chi connectivity index (χ3n) is 2.80. The van der Waals surface area contributed by atoms with Gasteiger partial charge in [-0.15, -0.1) is 0 Å². The van der Waals surface area contributed by atoms with Crippen LogP contribution in [0.4, 0.5) is 8.78 Å². The van der Waals surface area contributed by atoms with Crippen molar-refractivity contribution in [3.05, 3.63) is 35.4 Å². The van der Waals surface area contributed by atoms with E-state index in [2.05, 4.69) is 5.32 Å². The summed E-state index contributed by atoms with van der Waals surface area (Å²) in [6.07, 6.45) is -0.301. The van der Waals surface area contributed by atoms with Gasteiger partial charge in [0, 0.05) is 18.0 Å². The molecule has 86 valence electrons. The Kier molecular flexibility index (Phi) is 3.17. The van der Waals surface area contributed by atoms with Crippen LogP contribution >= 0.6 is 0 Å². The molecule has 0 saturated carbocycles. The fourth-order valence-electron chi connectivity index (χ4n) is 1.91. The smallest absolute Gasteiger partial charge is 0.263 e. The van der Waals surface area contributed by atoms with Crippen LogP contribution in [0.25, 0.3) is 0 Å². The summed E-state index contributed by atoms with van der Waals surface area (Å²) in [7, 11) is 0. The summed E-state index contributed by atoms with van der Waals surface area (Å²) in [5.41, 5.74) is 1.02. The Morgan fingerprint density at radius 2 is 2.00 bits per heavy atom. The van der Waals surface area contributed by atoms with E-state index in [9.17, 15) is 13.6 Å². The molecule has 1 aliphatic rings. The zero-order valence-corrected chi connectivity index (χ0v) is 8.75. The van der Waals surface area contributed by atoms with Crippen LogP contribution in [0.15, 0.2) is 24.3 Å². The Balaban J connectivity index is 1.97. The summed E-state index contributed by atoms with van der Waals surface area (Å²) in [5.74, 6) is 0.0780. The van der Waals surface area contributed by atoms with Gasteiger partial charge in [0.15, 0.2) is 0 Å². The molecule has 1 aromatic rings. The van der Waals surface area contributed by atoms with Gasteiger partial charge in [-0.1, -0.05) is 24.3 Å². The van der Waals surface area contributed by atoms with Crippen molar-refractivity contribution in [3.8, 4) is 0 Å². The first-order chi connectivity index (χ1) is 7.65. The number of carbonyl (C=O) groups is 1. The molecular weight excluding hydrogens is 212 g/mol. The summed E-state index contributed by atoms with van der Waals surface area (Å²) in [6, 6.07) is 6.44. The number of rotatable bonds is 3. The summed E-state index contributed by atoms with van der Waals surface area (Å²) in [6.45, 7) is 0. The van der Waals surface area contributed by atoms with Crippen LogP contribution in [0.5, 0.6) is 0 Å². The van der Waals surface area contributed by atoms with Crippen molar-refractivity contribution in [2.24, 2.45) is 0 Å². The second kappa shape index (κ2) is 4.60. The monoisotopic (exact) mass is 225 g/mol. The minimum Gasteiger partial charge on any atom is -0.353 e. The van der Waals surface area contributed by atoms with Crippen LogP contribution in [0.1, 0.15) is 30.4 Å². The number of hydrogen-bond donors (Lipinski definition) is 1. The predicted octanol–water partition coefficient (Wildman–Crippen LogP) is 2.45. The Morgan fingerprint density at radius 3 is 2.50 bits per heavy atom. The molecular formula is C12H13F2NO. The van der Waals surface area contributed by atoms with Gasteiger partial charge in [-0.05, 0) is 18.4 Å². The molecule has 1 aromatic carbocycles. The number of halogens is 2. The predicted molar refractivity (Wildman–Crippen MR) is 56.3 cm³/mol. The first-order valence-corrected chi connectivity index (χ1v) is 5.31. The lowest BCUT2D eigenvalue weighted by Gasteiger charge is -2.10. The second-order valence-corrected chi connectivity index (χ2v) is 4.05. The molecule has 1 unspecified atom stereocenters. The van der Waals surface area contributed by atoms with Crippen molar-refractivity contribution in [3.63, 3.8) is 0 Å². The maximum atomic E-state index is 12.3. The third-order valence-corrected chi connectivity index (χ3v) is 2.80.